The van der Waals surface area contributed by atoms with Gasteiger partial charge in [0.25, 0.3) is 0 Å². The van der Waals surface area contributed by atoms with Gasteiger partial charge in [-0.25, -0.2) is 4.39 Å². The first kappa shape index (κ1) is 10.6. The number of hydrogen-bond donors (Lipinski definition) is 1. The van der Waals surface area contributed by atoms with Crippen LogP contribution in [0.2, 0.25) is 0 Å². The van der Waals surface area contributed by atoms with Gasteiger partial charge in [0.05, 0.1) is 11.4 Å². The van der Waals surface area contributed by atoms with Crippen molar-refractivity contribution in [2.45, 2.75) is 13.8 Å². The number of halogens is 1. The van der Waals surface area contributed by atoms with Gasteiger partial charge in [-0.2, -0.15) is 0 Å². The molecule has 0 aliphatic heterocycles. The second kappa shape index (κ2) is 3.93. The Bertz CT molecular complexity index is 515. The fourth-order valence-electron chi connectivity index (χ4n) is 1.67. The lowest BCUT2D eigenvalue weighted by molar-refractivity contribution is 0.627. The first-order valence-electron chi connectivity index (χ1n) is 5.06. The van der Waals surface area contributed by atoms with Gasteiger partial charge in [-0.05, 0) is 49.2 Å². The molecule has 1 aromatic heterocycles. The molecule has 82 valence electrons. The molecule has 2 aromatic rings. The van der Waals surface area contributed by atoms with Crippen molar-refractivity contribution in [1.29, 1.82) is 0 Å². The quantitative estimate of drug-likeness (QED) is 0.795. The van der Waals surface area contributed by atoms with Crippen molar-refractivity contribution in [1.82, 2.24) is 4.98 Å². The summed E-state index contributed by atoms with van der Waals surface area (Å²) in [5.74, 6) is -0.266. The van der Waals surface area contributed by atoms with E-state index < -0.39 is 0 Å². The van der Waals surface area contributed by atoms with Gasteiger partial charge in [0.1, 0.15) is 5.82 Å². The maximum absolute atomic E-state index is 13.3. The highest BCUT2D eigenvalue weighted by Gasteiger charge is 2.07. The highest BCUT2D eigenvalue weighted by atomic mass is 19.1. The highest BCUT2D eigenvalue weighted by Crippen LogP contribution is 2.27. The number of rotatable bonds is 1. The van der Waals surface area contributed by atoms with Crippen LogP contribution in [0.15, 0.2) is 30.5 Å². The van der Waals surface area contributed by atoms with E-state index in [1.54, 1.807) is 6.20 Å². The highest BCUT2D eigenvalue weighted by molar-refractivity contribution is 5.74. The lowest BCUT2D eigenvalue weighted by Crippen LogP contribution is -1.96. The van der Waals surface area contributed by atoms with Gasteiger partial charge in [0, 0.05) is 11.8 Å². The SMILES string of the molecule is Cc1cc(F)cc(-c2nccc(C)c2N)c1. The van der Waals surface area contributed by atoms with Crippen molar-refractivity contribution in [3.8, 4) is 11.3 Å². The van der Waals surface area contributed by atoms with Crippen LogP contribution in [0.3, 0.4) is 0 Å². The van der Waals surface area contributed by atoms with Crippen molar-refractivity contribution in [3.05, 3.63) is 47.4 Å². The molecule has 0 saturated carbocycles. The number of aromatic nitrogens is 1. The minimum absolute atomic E-state index is 0.266. The molecule has 1 heterocycles. The Morgan fingerprint density at radius 2 is 1.94 bits per heavy atom. The smallest absolute Gasteiger partial charge is 0.124 e. The van der Waals surface area contributed by atoms with Gasteiger partial charge in [-0.1, -0.05) is 0 Å². The van der Waals surface area contributed by atoms with Gasteiger partial charge < -0.3 is 5.73 Å². The average molecular weight is 216 g/mol. The molecule has 0 bridgehead atoms. The number of nitrogens with zero attached hydrogens (tertiary/aromatic N) is 1. The zero-order valence-electron chi connectivity index (χ0n) is 9.29. The largest absolute Gasteiger partial charge is 0.397 e. The van der Waals surface area contributed by atoms with Gasteiger partial charge >= 0.3 is 0 Å². The van der Waals surface area contributed by atoms with Gasteiger partial charge in [0.15, 0.2) is 0 Å². The normalized spacial score (nSPS) is 10.4. The monoisotopic (exact) mass is 216 g/mol. The minimum atomic E-state index is -0.266. The topological polar surface area (TPSA) is 38.9 Å². The Kier molecular flexibility index (Phi) is 2.60. The molecule has 1 aromatic carbocycles. The van der Waals surface area contributed by atoms with Crippen LogP contribution < -0.4 is 5.73 Å². The third-order valence-electron chi connectivity index (χ3n) is 2.52. The summed E-state index contributed by atoms with van der Waals surface area (Å²) in [6.07, 6.45) is 1.68. The molecule has 2 N–H and O–H groups in total. The summed E-state index contributed by atoms with van der Waals surface area (Å²) in [6.45, 7) is 3.76. The van der Waals surface area contributed by atoms with Crippen LogP contribution in [0.4, 0.5) is 10.1 Å². The average Bonchev–Trinajstić information content (AvgIpc) is 2.20. The zero-order valence-corrected chi connectivity index (χ0v) is 9.29. The maximum Gasteiger partial charge on any atom is 0.124 e. The molecule has 0 fully saturated rings. The molecule has 2 rings (SSSR count). The van der Waals surface area contributed by atoms with Crippen LogP contribution in [0.5, 0.6) is 0 Å². The summed E-state index contributed by atoms with van der Waals surface area (Å²) in [5, 5.41) is 0. The van der Waals surface area contributed by atoms with Gasteiger partial charge in [0.2, 0.25) is 0 Å². The first-order chi connectivity index (χ1) is 7.58. The number of hydrogen-bond acceptors (Lipinski definition) is 2. The number of nitrogens with two attached hydrogens (primary N) is 1. The summed E-state index contributed by atoms with van der Waals surface area (Å²) in [7, 11) is 0. The number of benzene rings is 1. The van der Waals surface area contributed by atoms with Crippen LogP contribution in [0.1, 0.15) is 11.1 Å². The van der Waals surface area contributed by atoms with Crippen LogP contribution in [-0.2, 0) is 0 Å². The molecular weight excluding hydrogens is 203 g/mol. The van der Waals surface area contributed by atoms with E-state index in [-0.39, 0.29) is 5.82 Å². The van der Waals surface area contributed by atoms with E-state index in [1.807, 2.05) is 26.0 Å². The Morgan fingerprint density at radius 1 is 1.19 bits per heavy atom. The third-order valence-corrected chi connectivity index (χ3v) is 2.52. The molecule has 2 nitrogen and oxygen atoms in total. The van der Waals surface area contributed by atoms with E-state index in [2.05, 4.69) is 4.98 Å². The van der Waals surface area contributed by atoms with E-state index in [1.165, 1.54) is 12.1 Å². The molecule has 0 amide bonds. The second-order valence-electron chi connectivity index (χ2n) is 3.91. The summed E-state index contributed by atoms with van der Waals surface area (Å²) in [6, 6.07) is 6.65. The van der Waals surface area contributed by atoms with E-state index in [4.69, 9.17) is 5.73 Å². The Labute approximate surface area is 93.9 Å². The van der Waals surface area contributed by atoms with E-state index in [9.17, 15) is 4.39 Å². The van der Waals surface area contributed by atoms with Crippen molar-refractivity contribution in [2.24, 2.45) is 0 Å². The minimum Gasteiger partial charge on any atom is -0.397 e. The molecule has 16 heavy (non-hydrogen) atoms. The molecular formula is C13H13FN2. The van der Waals surface area contributed by atoms with Crippen LogP contribution in [-0.4, -0.2) is 4.98 Å². The lowest BCUT2D eigenvalue weighted by Gasteiger charge is -2.08. The van der Waals surface area contributed by atoms with Crippen molar-refractivity contribution in [3.63, 3.8) is 0 Å². The van der Waals surface area contributed by atoms with Crippen molar-refractivity contribution in [2.75, 3.05) is 5.73 Å². The molecule has 3 heteroatoms. The van der Waals surface area contributed by atoms with Crippen molar-refractivity contribution < 1.29 is 4.39 Å². The molecule has 0 unspecified atom stereocenters. The lowest BCUT2D eigenvalue weighted by atomic mass is 10.0. The third kappa shape index (κ3) is 1.89. The maximum atomic E-state index is 13.3. The molecule has 0 aliphatic rings. The number of anilines is 1. The molecule has 0 radical (unpaired) electrons. The molecule has 0 saturated heterocycles. The predicted molar refractivity (Wildman–Crippen MR) is 63.5 cm³/mol. The fraction of sp³-hybridized carbons (Fsp3) is 0.154. The van der Waals surface area contributed by atoms with E-state index in [0.29, 0.717) is 11.4 Å². The summed E-state index contributed by atoms with van der Waals surface area (Å²) in [5.41, 5.74) is 9.71. The van der Waals surface area contributed by atoms with Crippen molar-refractivity contribution >= 4 is 5.69 Å². The van der Waals surface area contributed by atoms with Crippen LogP contribution in [0, 0.1) is 19.7 Å². The standard InChI is InChI=1S/C13H13FN2/c1-8-5-10(7-11(14)6-8)13-12(15)9(2)3-4-16-13/h3-7H,15H2,1-2H3. The van der Waals surface area contributed by atoms with Crippen LogP contribution in [0.25, 0.3) is 11.3 Å². The van der Waals surface area contributed by atoms with E-state index >= 15 is 0 Å². The Balaban J connectivity index is 2.63. The molecule has 0 spiro atoms. The molecule has 0 aliphatic carbocycles. The second-order valence-corrected chi connectivity index (χ2v) is 3.91. The summed E-state index contributed by atoms with van der Waals surface area (Å²) < 4.78 is 13.3. The summed E-state index contributed by atoms with van der Waals surface area (Å²) in [4.78, 5) is 4.20. The Hall–Kier alpha value is -1.90. The zero-order chi connectivity index (χ0) is 11.7. The van der Waals surface area contributed by atoms with Gasteiger partial charge in [-0.15, -0.1) is 0 Å². The van der Waals surface area contributed by atoms with E-state index in [0.717, 1.165) is 16.7 Å². The number of aryl methyl sites for hydroxylation is 2. The molecule has 0 atom stereocenters. The predicted octanol–water partition coefficient (Wildman–Crippen LogP) is 3.09. The first-order valence-corrected chi connectivity index (χ1v) is 5.06. The number of nitrogen functional groups attached to an aromatic ring is 1. The van der Waals surface area contributed by atoms with Gasteiger partial charge in [-0.3, -0.25) is 4.98 Å². The van der Waals surface area contributed by atoms with Crippen LogP contribution >= 0.6 is 0 Å². The Morgan fingerprint density at radius 3 is 2.62 bits per heavy atom. The fourth-order valence-corrected chi connectivity index (χ4v) is 1.67. The number of pyridine rings is 1. The summed E-state index contributed by atoms with van der Waals surface area (Å²) >= 11 is 0.